The maximum Gasteiger partial charge on any atom is 0.0352 e. The third kappa shape index (κ3) is 3.11. The van der Waals surface area contributed by atoms with Crippen LogP contribution in [0.4, 0.5) is 0 Å². The van der Waals surface area contributed by atoms with Gasteiger partial charge in [-0.3, -0.25) is 4.98 Å². The van der Waals surface area contributed by atoms with Crippen molar-refractivity contribution < 1.29 is 0 Å². The zero-order valence-corrected chi connectivity index (χ0v) is 12.3. The van der Waals surface area contributed by atoms with Gasteiger partial charge < -0.3 is 5.32 Å². The van der Waals surface area contributed by atoms with Crippen molar-refractivity contribution in [1.29, 1.82) is 0 Å². The Labute approximate surface area is 125 Å². The molecule has 0 saturated heterocycles. The number of hydrogen-bond donors (Lipinski definition) is 1. The van der Waals surface area contributed by atoms with E-state index < -0.39 is 0 Å². The molecule has 1 heterocycles. The summed E-state index contributed by atoms with van der Waals surface area (Å²) in [5, 5.41) is 5.87. The molecule has 0 aliphatic rings. The van der Waals surface area contributed by atoms with E-state index in [1.807, 2.05) is 12.4 Å². The van der Waals surface area contributed by atoms with Crippen LogP contribution in [-0.4, -0.2) is 11.5 Å². The monoisotopic (exact) mass is 276 g/mol. The number of pyridine rings is 1. The van der Waals surface area contributed by atoms with Crippen molar-refractivity contribution in [3.05, 3.63) is 66.5 Å². The fourth-order valence-electron chi connectivity index (χ4n) is 2.56. The maximum atomic E-state index is 4.36. The van der Waals surface area contributed by atoms with E-state index in [2.05, 4.69) is 65.8 Å². The summed E-state index contributed by atoms with van der Waals surface area (Å²) in [6.45, 7) is 4.18. The van der Waals surface area contributed by atoms with Crippen molar-refractivity contribution in [1.82, 2.24) is 10.3 Å². The molecule has 0 saturated carbocycles. The van der Waals surface area contributed by atoms with Crippen molar-refractivity contribution in [2.45, 2.75) is 19.9 Å². The van der Waals surface area contributed by atoms with Crippen LogP contribution in [0.3, 0.4) is 0 Å². The number of aromatic nitrogens is 1. The van der Waals surface area contributed by atoms with Gasteiger partial charge in [0.2, 0.25) is 0 Å². The van der Waals surface area contributed by atoms with E-state index in [4.69, 9.17) is 0 Å². The molecule has 2 heteroatoms. The normalized spacial score (nSPS) is 10.9. The summed E-state index contributed by atoms with van der Waals surface area (Å²) >= 11 is 0. The second kappa shape index (κ2) is 6.51. The fraction of sp³-hybridized carbons (Fsp3) is 0.211. The van der Waals surface area contributed by atoms with Crippen LogP contribution >= 0.6 is 0 Å². The molecule has 0 bridgehead atoms. The lowest BCUT2D eigenvalue weighted by Crippen LogP contribution is -2.13. The molecule has 1 aromatic heterocycles. The van der Waals surface area contributed by atoms with Crippen LogP contribution in [0.1, 0.15) is 18.9 Å². The molecule has 2 nitrogen and oxygen atoms in total. The molecule has 3 rings (SSSR count). The Bertz CT molecular complexity index is 712. The number of nitrogens with zero attached hydrogens (tertiary/aromatic N) is 1. The van der Waals surface area contributed by atoms with Gasteiger partial charge in [-0.25, -0.2) is 0 Å². The Hall–Kier alpha value is -2.19. The van der Waals surface area contributed by atoms with Gasteiger partial charge in [0.15, 0.2) is 0 Å². The SMILES string of the molecule is CCCNCc1ccc(-c2cncc3ccccc23)cc1. The maximum absolute atomic E-state index is 4.36. The molecule has 0 aliphatic carbocycles. The molecule has 0 unspecified atom stereocenters. The fourth-order valence-corrected chi connectivity index (χ4v) is 2.56. The van der Waals surface area contributed by atoms with Crippen molar-refractivity contribution in [2.75, 3.05) is 6.54 Å². The molecular weight excluding hydrogens is 256 g/mol. The van der Waals surface area contributed by atoms with Gasteiger partial charge in [0.25, 0.3) is 0 Å². The van der Waals surface area contributed by atoms with Crippen LogP contribution in [0.25, 0.3) is 21.9 Å². The molecule has 1 N–H and O–H groups in total. The van der Waals surface area contributed by atoms with E-state index in [9.17, 15) is 0 Å². The Morgan fingerprint density at radius 1 is 0.952 bits per heavy atom. The lowest BCUT2D eigenvalue weighted by Gasteiger charge is -2.08. The van der Waals surface area contributed by atoms with Crippen molar-refractivity contribution >= 4 is 10.8 Å². The van der Waals surface area contributed by atoms with Crippen molar-refractivity contribution in [2.24, 2.45) is 0 Å². The third-order valence-corrected chi connectivity index (χ3v) is 3.69. The number of hydrogen-bond acceptors (Lipinski definition) is 2. The summed E-state index contributed by atoms with van der Waals surface area (Å²) in [7, 11) is 0. The van der Waals surface area contributed by atoms with Crippen molar-refractivity contribution in [3.63, 3.8) is 0 Å². The summed E-state index contributed by atoms with van der Waals surface area (Å²) < 4.78 is 0. The zero-order chi connectivity index (χ0) is 14.5. The van der Waals surface area contributed by atoms with E-state index in [-0.39, 0.29) is 0 Å². The van der Waals surface area contributed by atoms with Gasteiger partial charge in [0, 0.05) is 29.9 Å². The molecule has 0 atom stereocenters. The Balaban J connectivity index is 1.89. The molecule has 0 radical (unpaired) electrons. The van der Waals surface area contributed by atoms with Gasteiger partial charge >= 0.3 is 0 Å². The van der Waals surface area contributed by atoms with Gasteiger partial charge in [0.05, 0.1) is 0 Å². The first kappa shape index (κ1) is 13.8. The first-order valence-electron chi connectivity index (χ1n) is 7.51. The first-order valence-corrected chi connectivity index (χ1v) is 7.51. The average Bonchev–Trinajstić information content (AvgIpc) is 2.55. The minimum Gasteiger partial charge on any atom is -0.313 e. The Kier molecular flexibility index (Phi) is 4.27. The molecule has 106 valence electrons. The van der Waals surface area contributed by atoms with E-state index in [0.29, 0.717) is 0 Å². The lowest BCUT2D eigenvalue weighted by atomic mass is 10.00. The van der Waals surface area contributed by atoms with Gasteiger partial charge in [-0.05, 0) is 29.5 Å². The quantitative estimate of drug-likeness (QED) is 0.699. The molecule has 21 heavy (non-hydrogen) atoms. The van der Waals surface area contributed by atoms with Gasteiger partial charge in [0.1, 0.15) is 0 Å². The predicted molar refractivity (Wildman–Crippen MR) is 89.2 cm³/mol. The van der Waals surface area contributed by atoms with E-state index in [0.717, 1.165) is 13.1 Å². The van der Waals surface area contributed by atoms with Gasteiger partial charge in [-0.15, -0.1) is 0 Å². The minimum atomic E-state index is 0.932. The highest BCUT2D eigenvalue weighted by Gasteiger charge is 2.04. The Morgan fingerprint density at radius 3 is 2.57 bits per heavy atom. The van der Waals surface area contributed by atoms with Crippen LogP contribution in [-0.2, 0) is 6.54 Å². The highest BCUT2D eigenvalue weighted by Crippen LogP contribution is 2.27. The average molecular weight is 276 g/mol. The smallest absolute Gasteiger partial charge is 0.0352 e. The second-order valence-corrected chi connectivity index (χ2v) is 5.28. The molecule has 0 spiro atoms. The topological polar surface area (TPSA) is 24.9 Å². The van der Waals surface area contributed by atoms with Gasteiger partial charge in [-0.2, -0.15) is 0 Å². The number of fused-ring (bicyclic) bond motifs is 1. The van der Waals surface area contributed by atoms with Crippen LogP contribution in [0.5, 0.6) is 0 Å². The minimum absolute atomic E-state index is 0.932. The van der Waals surface area contributed by atoms with E-state index in [1.165, 1.54) is 33.9 Å². The first-order chi connectivity index (χ1) is 10.4. The Morgan fingerprint density at radius 2 is 1.76 bits per heavy atom. The number of nitrogens with one attached hydrogen (secondary N) is 1. The summed E-state index contributed by atoms with van der Waals surface area (Å²) in [4.78, 5) is 4.36. The lowest BCUT2D eigenvalue weighted by molar-refractivity contribution is 0.675. The van der Waals surface area contributed by atoms with Crippen LogP contribution in [0.2, 0.25) is 0 Å². The van der Waals surface area contributed by atoms with Crippen LogP contribution in [0.15, 0.2) is 60.9 Å². The number of benzene rings is 2. The highest BCUT2D eigenvalue weighted by atomic mass is 14.8. The summed E-state index contributed by atoms with van der Waals surface area (Å²) in [5.41, 5.74) is 3.74. The molecule has 0 amide bonds. The summed E-state index contributed by atoms with van der Waals surface area (Å²) in [6.07, 6.45) is 5.04. The molecule has 0 fully saturated rings. The van der Waals surface area contributed by atoms with Gasteiger partial charge in [-0.1, -0.05) is 55.5 Å². The van der Waals surface area contributed by atoms with E-state index >= 15 is 0 Å². The summed E-state index contributed by atoms with van der Waals surface area (Å²) in [5.74, 6) is 0. The zero-order valence-electron chi connectivity index (χ0n) is 12.3. The largest absolute Gasteiger partial charge is 0.313 e. The predicted octanol–water partition coefficient (Wildman–Crippen LogP) is 4.40. The summed E-state index contributed by atoms with van der Waals surface area (Å²) in [6, 6.07) is 17.2. The number of rotatable bonds is 5. The standard InChI is InChI=1S/C19H20N2/c1-2-11-20-12-15-7-9-16(10-8-15)19-14-21-13-17-5-3-4-6-18(17)19/h3-10,13-14,20H,2,11-12H2,1H3. The van der Waals surface area contributed by atoms with Crippen LogP contribution in [0, 0.1) is 0 Å². The molecule has 3 aromatic rings. The third-order valence-electron chi connectivity index (χ3n) is 3.69. The molecular formula is C19H20N2. The molecule has 0 aliphatic heterocycles. The second-order valence-electron chi connectivity index (χ2n) is 5.28. The van der Waals surface area contributed by atoms with E-state index in [1.54, 1.807) is 0 Å². The molecule has 2 aromatic carbocycles. The highest BCUT2D eigenvalue weighted by molar-refractivity contribution is 5.95. The van der Waals surface area contributed by atoms with Crippen molar-refractivity contribution in [3.8, 4) is 11.1 Å². The van der Waals surface area contributed by atoms with Crippen LogP contribution < -0.4 is 5.32 Å².